The molecule has 0 bridgehead atoms. The van der Waals surface area contributed by atoms with E-state index < -0.39 is 113 Å². The summed E-state index contributed by atoms with van der Waals surface area (Å²) in [7, 11) is 1.12. The summed E-state index contributed by atoms with van der Waals surface area (Å²) < 4.78 is 49.6. The van der Waals surface area contributed by atoms with Gasteiger partial charge in [-0.3, -0.25) is 28.8 Å². The minimum atomic E-state index is -4.56. The van der Waals surface area contributed by atoms with Crippen LogP contribution in [-0.4, -0.2) is 97.5 Å². The Labute approximate surface area is 394 Å². The molecule has 21 heteroatoms. The van der Waals surface area contributed by atoms with E-state index in [1.165, 1.54) is 19.1 Å². The Morgan fingerprint density at radius 3 is 1.48 bits per heavy atom. The molecule has 374 valence electrons. The van der Waals surface area contributed by atoms with Crippen molar-refractivity contribution in [2.24, 2.45) is 23.7 Å². The fourth-order valence-corrected chi connectivity index (χ4v) is 7.81. The lowest BCUT2D eigenvalue weighted by molar-refractivity contribution is -0.137. The van der Waals surface area contributed by atoms with Gasteiger partial charge in [-0.25, -0.2) is 9.59 Å². The first-order valence-electron chi connectivity index (χ1n) is 22.1. The van der Waals surface area contributed by atoms with Gasteiger partial charge in [-0.2, -0.15) is 13.2 Å². The number of alkyl halides is 3. The van der Waals surface area contributed by atoms with Crippen molar-refractivity contribution >= 4 is 63.8 Å². The number of halogens is 3. The van der Waals surface area contributed by atoms with Crippen LogP contribution >= 0.6 is 11.3 Å². The second-order valence-electron chi connectivity index (χ2n) is 18.4. The standard InChI is InChI=1S/C46H68F3N7O10S/c1-15-29(27-16-18-28(19-17-27)46(47,48)49)36(57)56-42-30(43(63)65-14)26(10)35(67-42)41(62)51-21-20-50-37(58)31(22(2)3)52-38(59)32(23(4)5)53-39(60)33(24(6)7)54-40(61)34(25(8)9)55-44(64)66-45(11,12)13/h16-19,22-25,29,31-34H,15,20-21H2,1-14H3,(H,50,58)(H,51,62)(H,52,59)(H,53,60)(H,54,61)(H,55,64)(H,56,57)/t29?,31-,32-,33-,34-/m0/s1. The third-order valence-corrected chi connectivity index (χ3v) is 11.6. The number of rotatable bonds is 21. The Kier molecular flexibility index (Phi) is 21.3. The van der Waals surface area contributed by atoms with Gasteiger partial charge in [0.1, 0.15) is 34.8 Å². The molecule has 0 radical (unpaired) electrons. The van der Waals surface area contributed by atoms with E-state index in [1.807, 2.05) is 0 Å². The van der Waals surface area contributed by atoms with Crippen LogP contribution in [0.2, 0.25) is 0 Å². The van der Waals surface area contributed by atoms with Gasteiger partial charge in [0.25, 0.3) is 5.91 Å². The normalized spacial score (nSPS) is 14.0. The number of methoxy groups -OCH3 is 1. The van der Waals surface area contributed by atoms with Crippen molar-refractivity contribution < 1.29 is 61.0 Å². The van der Waals surface area contributed by atoms with Gasteiger partial charge in [-0.05, 0) is 81.0 Å². The number of carbonyl (C=O) groups excluding carboxylic acids is 8. The third kappa shape index (κ3) is 16.8. The first kappa shape index (κ1) is 57.4. The summed E-state index contributed by atoms with van der Waals surface area (Å²) in [6.45, 7) is 21.7. The van der Waals surface area contributed by atoms with Crippen LogP contribution in [0.4, 0.5) is 23.0 Å². The number of benzene rings is 1. The van der Waals surface area contributed by atoms with Crippen molar-refractivity contribution in [3.05, 3.63) is 51.4 Å². The van der Waals surface area contributed by atoms with Crippen molar-refractivity contribution in [2.75, 3.05) is 25.5 Å². The average Bonchev–Trinajstić information content (AvgIpc) is 3.54. The summed E-state index contributed by atoms with van der Waals surface area (Å²) in [6, 6.07) is -0.166. The number of anilines is 1. The lowest BCUT2D eigenvalue weighted by Crippen LogP contribution is -2.61. The Bertz CT molecular complexity index is 2080. The number of ether oxygens (including phenoxy) is 2. The van der Waals surface area contributed by atoms with Crippen molar-refractivity contribution in [3.63, 3.8) is 0 Å². The molecule has 0 aliphatic rings. The summed E-state index contributed by atoms with van der Waals surface area (Å²) in [5.41, 5.74) is -1.25. The number of carbonyl (C=O) groups is 8. The monoisotopic (exact) mass is 967 g/mol. The predicted molar refractivity (Wildman–Crippen MR) is 247 cm³/mol. The van der Waals surface area contributed by atoms with Crippen molar-refractivity contribution in [2.45, 2.75) is 138 Å². The van der Waals surface area contributed by atoms with Crippen LogP contribution in [0.1, 0.15) is 132 Å². The molecule has 7 N–H and O–H groups in total. The number of nitrogens with one attached hydrogen (secondary N) is 7. The summed E-state index contributed by atoms with van der Waals surface area (Å²) in [5, 5.41) is 18.7. The van der Waals surface area contributed by atoms with Gasteiger partial charge >= 0.3 is 18.2 Å². The van der Waals surface area contributed by atoms with Crippen LogP contribution in [0, 0.1) is 30.6 Å². The van der Waals surface area contributed by atoms with Crippen LogP contribution in [-0.2, 0) is 39.6 Å². The summed E-state index contributed by atoms with van der Waals surface area (Å²) in [5.74, 6) is -7.21. The SMILES string of the molecule is CCC(C(=O)Nc1sc(C(=O)NCCNC(=O)[C@@H](NC(=O)[C@@H](NC(=O)[C@@H](NC(=O)[C@@H](NC(=O)OC(C)(C)C)C(C)C)C(C)C)C(C)C)C(C)C)c(C)c1C(=O)OC)c1ccc(C(F)(F)F)cc1. The van der Waals surface area contributed by atoms with E-state index >= 15 is 0 Å². The van der Waals surface area contributed by atoms with E-state index in [2.05, 4.69) is 37.2 Å². The molecular formula is C46H68F3N7O10S. The van der Waals surface area contributed by atoms with Gasteiger partial charge in [-0.15, -0.1) is 11.3 Å². The molecule has 0 saturated carbocycles. The van der Waals surface area contributed by atoms with Gasteiger partial charge in [0.15, 0.2) is 0 Å². The zero-order valence-corrected chi connectivity index (χ0v) is 41.6. The molecular weight excluding hydrogens is 900 g/mol. The predicted octanol–water partition coefficient (Wildman–Crippen LogP) is 5.81. The second-order valence-corrected chi connectivity index (χ2v) is 19.4. The van der Waals surface area contributed by atoms with Crippen molar-refractivity contribution in [3.8, 4) is 0 Å². The number of alkyl carbamates (subject to hydrolysis) is 1. The number of hydrogen-bond donors (Lipinski definition) is 7. The molecule has 7 amide bonds. The summed E-state index contributed by atoms with van der Waals surface area (Å²) in [4.78, 5) is 106. The average molecular weight is 968 g/mol. The number of hydrogen-bond acceptors (Lipinski definition) is 11. The van der Waals surface area contributed by atoms with Crippen LogP contribution in [0.5, 0.6) is 0 Å². The Morgan fingerprint density at radius 1 is 0.642 bits per heavy atom. The van der Waals surface area contributed by atoms with Gasteiger partial charge in [-0.1, -0.05) is 74.4 Å². The molecule has 0 spiro atoms. The van der Waals surface area contributed by atoms with Gasteiger partial charge in [0.2, 0.25) is 29.5 Å². The fourth-order valence-electron chi connectivity index (χ4n) is 6.70. The minimum Gasteiger partial charge on any atom is -0.465 e. The zero-order valence-electron chi connectivity index (χ0n) is 40.8. The van der Waals surface area contributed by atoms with E-state index in [0.717, 1.165) is 30.6 Å². The lowest BCUT2D eigenvalue weighted by atomic mass is 9.94. The second kappa shape index (κ2) is 24.9. The molecule has 0 aliphatic heterocycles. The topological polar surface area (TPSA) is 239 Å². The van der Waals surface area contributed by atoms with Crippen LogP contribution in [0.25, 0.3) is 0 Å². The molecule has 1 unspecified atom stereocenters. The van der Waals surface area contributed by atoms with E-state index in [4.69, 9.17) is 9.47 Å². The van der Waals surface area contributed by atoms with E-state index in [1.54, 1.807) is 83.1 Å². The van der Waals surface area contributed by atoms with E-state index in [-0.39, 0.29) is 46.4 Å². The molecule has 2 aromatic rings. The Hall–Kier alpha value is -5.73. The maximum Gasteiger partial charge on any atom is 0.416 e. The Balaban J connectivity index is 2.14. The van der Waals surface area contributed by atoms with Crippen molar-refractivity contribution in [1.29, 1.82) is 0 Å². The Morgan fingerprint density at radius 2 is 1.07 bits per heavy atom. The smallest absolute Gasteiger partial charge is 0.416 e. The maximum atomic E-state index is 13.7. The van der Waals surface area contributed by atoms with Crippen LogP contribution in [0.3, 0.4) is 0 Å². The molecule has 0 aliphatic carbocycles. The van der Waals surface area contributed by atoms with Gasteiger partial charge in [0, 0.05) is 13.1 Å². The van der Waals surface area contributed by atoms with Gasteiger partial charge < -0.3 is 46.7 Å². The lowest BCUT2D eigenvalue weighted by Gasteiger charge is -2.30. The van der Waals surface area contributed by atoms with Crippen LogP contribution in [0.15, 0.2) is 24.3 Å². The molecule has 5 atom stereocenters. The summed E-state index contributed by atoms with van der Waals surface area (Å²) >= 11 is 0.797. The zero-order chi connectivity index (χ0) is 51.3. The maximum absolute atomic E-state index is 13.7. The fraction of sp³-hybridized carbons (Fsp3) is 0.609. The largest absolute Gasteiger partial charge is 0.465 e. The van der Waals surface area contributed by atoms with Gasteiger partial charge in [0.05, 0.1) is 29.0 Å². The molecule has 1 heterocycles. The molecule has 0 saturated heterocycles. The first-order valence-corrected chi connectivity index (χ1v) is 22.9. The van der Waals surface area contributed by atoms with E-state index in [9.17, 15) is 51.5 Å². The quantitative estimate of drug-likeness (QED) is 0.0585. The highest BCUT2D eigenvalue weighted by Gasteiger charge is 2.36. The highest BCUT2D eigenvalue weighted by atomic mass is 32.1. The third-order valence-electron chi connectivity index (χ3n) is 10.4. The number of esters is 1. The van der Waals surface area contributed by atoms with Crippen molar-refractivity contribution in [1.82, 2.24) is 31.9 Å². The molecule has 1 aromatic heterocycles. The molecule has 2 rings (SSSR count). The molecule has 67 heavy (non-hydrogen) atoms. The van der Waals surface area contributed by atoms with Crippen LogP contribution < -0.4 is 37.2 Å². The van der Waals surface area contributed by atoms with E-state index in [0.29, 0.717) is 5.56 Å². The number of amides is 7. The first-order chi connectivity index (χ1) is 30.9. The molecule has 0 fully saturated rings. The molecule has 17 nitrogen and oxygen atoms in total. The number of thiophene rings is 1. The highest BCUT2D eigenvalue weighted by molar-refractivity contribution is 7.18. The molecule has 1 aromatic carbocycles. The summed E-state index contributed by atoms with van der Waals surface area (Å²) in [6.07, 6.45) is -5.15. The highest BCUT2D eigenvalue weighted by Crippen LogP contribution is 2.36. The minimum absolute atomic E-state index is 0.00131.